The standard InChI is InChI=1S/C28H26Cl2N4O4/c1-14-19-11-20(29)21(30)12-22(19)31-25(14)28(38)33-8-6-15(7-9-33)16-2-3-18-17(10-16)13-34(27(18)37)23-4-5-24(35)32-26(23)36/h2-3,10-12,15,23,31H,4-9,13H2,1H3,(H,32,35,36). The molecular formula is C28H26Cl2N4O4. The summed E-state index contributed by atoms with van der Waals surface area (Å²) in [5, 5.41) is 4.12. The zero-order valence-electron chi connectivity index (χ0n) is 20.8. The molecule has 196 valence electrons. The molecule has 0 spiro atoms. The van der Waals surface area contributed by atoms with Crippen molar-refractivity contribution in [3.8, 4) is 0 Å². The fraction of sp³-hybridized carbons (Fsp3) is 0.357. The van der Waals surface area contributed by atoms with Crippen molar-refractivity contribution in [1.29, 1.82) is 0 Å². The van der Waals surface area contributed by atoms with Gasteiger partial charge in [0.1, 0.15) is 11.7 Å². The predicted molar refractivity (Wildman–Crippen MR) is 143 cm³/mol. The third kappa shape index (κ3) is 4.16. The average molecular weight is 553 g/mol. The second-order valence-electron chi connectivity index (χ2n) is 10.3. The van der Waals surface area contributed by atoms with Crippen LogP contribution in [0.3, 0.4) is 0 Å². The first-order chi connectivity index (χ1) is 18.2. The summed E-state index contributed by atoms with van der Waals surface area (Å²) >= 11 is 12.3. The van der Waals surface area contributed by atoms with Crippen molar-refractivity contribution in [3.05, 3.63) is 68.3 Å². The molecule has 0 radical (unpaired) electrons. The Kier molecular flexibility index (Phi) is 6.19. The van der Waals surface area contributed by atoms with Crippen molar-refractivity contribution in [3.63, 3.8) is 0 Å². The number of aryl methyl sites for hydroxylation is 1. The largest absolute Gasteiger partial charge is 0.350 e. The molecule has 0 saturated carbocycles. The number of aromatic amines is 1. The van der Waals surface area contributed by atoms with Gasteiger partial charge in [0.05, 0.1) is 10.0 Å². The number of piperidine rings is 2. The molecule has 0 aliphatic carbocycles. The van der Waals surface area contributed by atoms with Crippen LogP contribution in [0.15, 0.2) is 30.3 Å². The first-order valence-corrected chi connectivity index (χ1v) is 13.5. The maximum atomic E-state index is 13.4. The number of H-pyrrole nitrogens is 1. The lowest BCUT2D eigenvalue weighted by Gasteiger charge is -2.32. The molecule has 1 aromatic heterocycles. The molecule has 2 fully saturated rings. The van der Waals surface area contributed by atoms with Crippen LogP contribution >= 0.6 is 23.2 Å². The number of carbonyl (C=O) groups excluding carboxylic acids is 4. The highest BCUT2D eigenvalue weighted by molar-refractivity contribution is 6.42. The molecule has 6 rings (SSSR count). The Balaban J connectivity index is 1.14. The normalized spacial score (nSPS) is 20.3. The van der Waals surface area contributed by atoms with Crippen LogP contribution in [-0.4, -0.2) is 57.5 Å². The first kappa shape index (κ1) is 24.9. The molecule has 38 heavy (non-hydrogen) atoms. The van der Waals surface area contributed by atoms with Crippen LogP contribution in [0.25, 0.3) is 10.9 Å². The summed E-state index contributed by atoms with van der Waals surface area (Å²) in [5.74, 6) is -0.640. The van der Waals surface area contributed by atoms with Gasteiger partial charge in [-0.2, -0.15) is 0 Å². The second kappa shape index (κ2) is 9.43. The second-order valence-corrected chi connectivity index (χ2v) is 11.1. The van der Waals surface area contributed by atoms with Crippen LogP contribution < -0.4 is 5.32 Å². The summed E-state index contributed by atoms with van der Waals surface area (Å²) in [7, 11) is 0. The minimum absolute atomic E-state index is 0.0381. The van der Waals surface area contributed by atoms with Gasteiger partial charge in [0.2, 0.25) is 11.8 Å². The lowest BCUT2D eigenvalue weighted by Crippen LogP contribution is -2.52. The van der Waals surface area contributed by atoms with E-state index in [9.17, 15) is 19.2 Å². The monoisotopic (exact) mass is 552 g/mol. The highest BCUT2D eigenvalue weighted by atomic mass is 35.5. The van der Waals surface area contributed by atoms with E-state index in [1.165, 1.54) is 0 Å². The number of hydrogen-bond acceptors (Lipinski definition) is 4. The Labute approximate surface area is 229 Å². The van der Waals surface area contributed by atoms with Crippen molar-refractivity contribution in [1.82, 2.24) is 20.1 Å². The number of nitrogens with one attached hydrogen (secondary N) is 2. The molecule has 3 aromatic rings. The van der Waals surface area contributed by atoms with Crippen molar-refractivity contribution in [2.24, 2.45) is 0 Å². The maximum Gasteiger partial charge on any atom is 0.270 e. The van der Waals surface area contributed by atoms with Crippen molar-refractivity contribution < 1.29 is 19.2 Å². The topological polar surface area (TPSA) is 103 Å². The molecule has 3 aliphatic rings. The zero-order chi connectivity index (χ0) is 26.7. The SMILES string of the molecule is Cc1c(C(=O)N2CCC(c3ccc4c(c3)CN(C3CCC(=O)NC3=O)C4=O)CC2)[nH]c2cc(Cl)c(Cl)cc12. The van der Waals surface area contributed by atoms with Gasteiger partial charge in [-0.15, -0.1) is 0 Å². The molecule has 3 aliphatic heterocycles. The summed E-state index contributed by atoms with van der Waals surface area (Å²) in [5.41, 5.74) is 4.85. The van der Waals surface area contributed by atoms with Gasteiger partial charge >= 0.3 is 0 Å². The molecule has 4 heterocycles. The number of rotatable bonds is 3. The Morgan fingerprint density at radius 1 is 1.00 bits per heavy atom. The fourth-order valence-corrected chi connectivity index (χ4v) is 6.29. The number of hydrogen-bond donors (Lipinski definition) is 2. The van der Waals surface area contributed by atoms with Gasteiger partial charge in [0, 0.05) is 42.5 Å². The molecule has 1 unspecified atom stereocenters. The quantitative estimate of drug-likeness (QED) is 0.464. The molecule has 2 N–H and O–H groups in total. The number of benzene rings is 2. The molecule has 2 saturated heterocycles. The summed E-state index contributed by atoms with van der Waals surface area (Å²) in [4.78, 5) is 56.8. The van der Waals surface area contributed by atoms with Crippen LogP contribution in [0.2, 0.25) is 10.0 Å². The summed E-state index contributed by atoms with van der Waals surface area (Å²) in [6.45, 7) is 3.52. The van der Waals surface area contributed by atoms with E-state index in [4.69, 9.17) is 23.2 Å². The van der Waals surface area contributed by atoms with Gasteiger partial charge < -0.3 is 14.8 Å². The van der Waals surface area contributed by atoms with E-state index < -0.39 is 11.9 Å². The molecule has 2 aromatic carbocycles. The zero-order valence-corrected chi connectivity index (χ0v) is 22.3. The molecule has 1 atom stereocenters. The van der Waals surface area contributed by atoms with E-state index >= 15 is 0 Å². The molecule has 10 heteroatoms. The third-order valence-electron chi connectivity index (χ3n) is 8.11. The fourth-order valence-electron chi connectivity index (χ4n) is 5.96. The number of carbonyl (C=O) groups is 4. The number of halogens is 2. The highest BCUT2D eigenvalue weighted by Gasteiger charge is 2.39. The minimum atomic E-state index is -0.620. The summed E-state index contributed by atoms with van der Waals surface area (Å²) < 4.78 is 0. The van der Waals surface area contributed by atoms with Crippen LogP contribution in [0.4, 0.5) is 0 Å². The molecule has 0 bridgehead atoms. The first-order valence-electron chi connectivity index (χ1n) is 12.8. The number of aromatic nitrogens is 1. The van der Waals surface area contributed by atoms with Crippen LogP contribution in [-0.2, 0) is 16.1 Å². The Morgan fingerprint density at radius 3 is 2.47 bits per heavy atom. The van der Waals surface area contributed by atoms with E-state index in [0.717, 1.165) is 40.4 Å². The number of fused-ring (bicyclic) bond motifs is 2. The van der Waals surface area contributed by atoms with Gasteiger partial charge in [-0.1, -0.05) is 35.3 Å². The molecule has 4 amide bonds. The Morgan fingerprint density at radius 2 is 1.74 bits per heavy atom. The smallest absolute Gasteiger partial charge is 0.270 e. The average Bonchev–Trinajstić information content (AvgIpc) is 3.40. The number of imide groups is 1. The Bertz CT molecular complexity index is 1520. The van der Waals surface area contributed by atoms with E-state index in [-0.39, 0.29) is 30.1 Å². The van der Waals surface area contributed by atoms with Gasteiger partial charge in [-0.05, 0) is 67.0 Å². The van der Waals surface area contributed by atoms with Gasteiger partial charge in [-0.3, -0.25) is 24.5 Å². The lowest BCUT2D eigenvalue weighted by atomic mass is 9.87. The number of likely N-dealkylation sites (tertiary alicyclic amines) is 1. The van der Waals surface area contributed by atoms with Crippen LogP contribution in [0.1, 0.15) is 69.1 Å². The maximum absolute atomic E-state index is 13.4. The summed E-state index contributed by atoms with van der Waals surface area (Å²) in [6, 6.07) is 8.81. The van der Waals surface area contributed by atoms with E-state index in [1.807, 2.05) is 24.0 Å². The third-order valence-corrected chi connectivity index (χ3v) is 8.84. The lowest BCUT2D eigenvalue weighted by molar-refractivity contribution is -0.136. The highest BCUT2D eigenvalue weighted by Crippen LogP contribution is 2.35. The van der Waals surface area contributed by atoms with Gasteiger partial charge in [0.15, 0.2) is 0 Å². The van der Waals surface area contributed by atoms with Crippen molar-refractivity contribution in [2.45, 2.75) is 51.1 Å². The van der Waals surface area contributed by atoms with Gasteiger partial charge in [-0.25, -0.2) is 0 Å². The molecule has 8 nitrogen and oxygen atoms in total. The van der Waals surface area contributed by atoms with Crippen LogP contribution in [0.5, 0.6) is 0 Å². The van der Waals surface area contributed by atoms with Gasteiger partial charge in [0.25, 0.3) is 11.8 Å². The predicted octanol–water partition coefficient (Wildman–Crippen LogP) is 4.56. The van der Waals surface area contributed by atoms with E-state index in [0.29, 0.717) is 47.4 Å². The number of amides is 4. The van der Waals surface area contributed by atoms with E-state index in [1.54, 1.807) is 17.0 Å². The minimum Gasteiger partial charge on any atom is -0.350 e. The van der Waals surface area contributed by atoms with Crippen molar-refractivity contribution >= 4 is 57.7 Å². The summed E-state index contributed by atoms with van der Waals surface area (Å²) in [6.07, 6.45) is 2.21. The molecular weight excluding hydrogens is 527 g/mol. The van der Waals surface area contributed by atoms with E-state index in [2.05, 4.69) is 16.4 Å². The van der Waals surface area contributed by atoms with Crippen LogP contribution in [0, 0.1) is 6.92 Å². The number of nitrogens with zero attached hydrogens (tertiary/aromatic N) is 2. The van der Waals surface area contributed by atoms with Crippen molar-refractivity contribution in [2.75, 3.05) is 13.1 Å². The Hall–Kier alpha value is -3.36.